The maximum Gasteiger partial charge on any atom is 0.175 e. The molecule has 156 valence electrons. The molecule has 0 saturated heterocycles. The smallest absolute Gasteiger partial charge is 0.175 e. The van der Waals surface area contributed by atoms with Crippen molar-refractivity contribution in [3.63, 3.8) is 0 Å². The molecule has 1 aliphatic rings. The molecular weight excluding hydrogens is 457 g/mol. The van der Waals surface area contributed by atoms with Crippen molar-refractivity contribution < 1.29 is 13.9 Å². The summed E-state index contributed by atoms with van der Waals surface area (Å²) in [5, 5.41) is 3.84. The second-order valence-electron chi connectivity index (χ2n) is 7.13. The monoisotopic (exact) mass is 481 g/mol. The van der Waals surface area contributed by atoms with E-state index < -0.39 is 0 Å². The van der Waals surface area contributed by atoms with Crippen molar-refractivity contribution in [1.82, 2.24) is 5.32 Å². The Morgan fingerprint density at radius 3 is 2.83 bits per heavy atom. The summed E-state index contributed by atoms with van der Waals surface area (Å²) in [4.78, 5) is 0. The van der Waals surface area contributed by atoms with Crippen molar-refractivity contribution in [2.75, 3.05) is 13.7 Å². The zero-order valence-electron chi connectivity index (χ0n) is 16.6. The first kappa shape index (κ1) is 22.1. The highest BCUT2D eigenvalue weighted by atomic mass is 79.9. The molecule has 6 heteroatoms. The van der Waals surface area contributed by atoms with Gasteiger partial charge in [-0.3, -0.25) is 0 Å². The Morgan fingerprint density at radius 1 is 1.24 bits per heavy atom. The molecule has 0 unspecified atom stereocenters. The van der Waals surface area contributed by atoms with Crippen LogP contribution in [0.15, 0.2) is 46.5 Å². The molecule has 0 amide bonds. The Morgan fingerprint density at radius 2 is 2.10 bits per heavy atom. The van der Waals surface area contributed by atoms with Gasteiger partial charge in [-0.05, 0) is 84.4 Å². The molecule has 0 fully saturated rings. The normalized spacial score (nSPS) is 13.9. The minimum atomic E-state index is -0.388. The molecular formula is C23H26BrClFNO2. The second-order valence-corrected chi connectivity index (χ2v) is 8.39. The minimum Gasteiger partial charge on any atom is -0.493 e. The average molecular weight is 483 g/mol. The summed E-state index contributed by atoms with van der Waals surface area (Å²) in [5.74, 6) is 0.739. The van der Waals surface area contributed by atoms with Crippen LogP contribution in [0.2, 0.25) is 5.02 Å². The Balaban J connectivity index is 1.60. The number of rotatable bonds is 9. The number of allylic oxidation sites excluding steroid dienone is 1. The highest BCUT2D eigenvalue weighted by Gasteiger charge is 2.14. The van der Waals surface area contributed by atoms with Gasteiger partial charge in [0.1, 0.15) is 12.4 Å². The van der Waals surface area contributed by atoms with Crippen LogP contribution in [-0.4, -0.2) is 13.7 Å². The fourth-order valence-electron chi connectivity index (χ4n) is 3.44. The molecule has 0 radical (unpaired) electrons. The standard InChI is InChI=1S/C23H26BrClFNO2/c1-28-22-13-17(14-27-11-10-16-6-3-2-4-7-16)12-19(24)23(22)29-15-18-20(25)8-5-9-21(18)26/h5-6,8-9,12-13,27H,2-4,7,10-11,14-15H2,1H3. The summed E-state index contributed by atoms with van der Waals surface area (Å²) >= 11 is 9.64. The zero-order valence-corrected chi connectivity index (χ0v) is 18.9. The van der Waals surface area contributed by atoms with Gasteiger partial charge in [0.15, 0.2) is 11.5 Å². The fourth-order valence-corrected chi connectivity index (χ4v) is 4.26. The van der Waals surface area contributed by atoms with Gasteiger partial charge in [-0.15, -0.1) is 0 Å². The Bertz CT molecular complexity index is 852. The van der Waals surface area contributed by atoms with Gasteiger partial charge in [0, 0.05) is 12.1 Å². The zero-order chi connectivity index (χ0) is 20.6. The molecule has 1 N–H and O–H groups in total. The van der Waals surface area contributed by atoms with Crippen molar-refractivity contribution in [2.24, 2.45) is 0 Å². The highest BCUT2D eigenvalue weighted by Crippen LogP contribution is 2.37. The predicted molar refractivity (Wildman–Crippen MR) is 119 cm³/mol. The van der Waals surface area contributed by atoms with Crippen molar-refractivity contribution in [1.29, 1.82) is 0 Å². The van der Waals surface area contributed by atoms with Gasteiger partial charge in [-0.1, -0.05) is 29.3 Å². The molecule has 0 heterocycles. The molecule has 2 aromatic rings. The molecule has 3 nitrogen and oxygen atoms in total. The Hall–Kier alpha value is -1.56. The van der Waals surface area contributed by atoms with E-state index in [9.17, 15) is 4.39 Å². The van der Waals surface area contributed by atoms with Gasteiger partial charge < -0.3 is 14.8 Å². The van der Waals surface area contributed by atoms with Gasteiger partial charge in [-0.2, -0.15) is 0 Å². The third kappa shape index (κ3) is 6.21. The molecule has 0 spiro atoms. The van der Waals surface area contributed by atoms with Crippen molar-refractivity contribution in [3.8, 4) is 11.5 Å². The van der Waals surface area contributed by atoms with Crippen LogP contribution in [0, 0.1) is 5.82 Å². The molecule has 29 heavy (non-hydrogen) atoms. The van der Waals surface area contributed by atoms with E-state index in [0.717, 1.165) is 29.5 Å². The molecule has 2 aromatic carbocycles. The van der Waals surface area contributed by atoms with Crippen LogP contribution in [0.25, 0.3) is 0 Å². The first-order chi connectivity index (χ1) is 14.1. The van der Waals surface area contributed by atoms with Crippen LogP contribution in [0.5, 0.6) is 11.5 Å². The number of methoxy groups -OCH3 is 1. The second kappa shape index (κ2) is 11.0. The van der Waals surface area contributed by atoms with E-state index in [1.54, 1.807) is 24.8 Å². The van der Waals surface area contributed by atoms with Crippen LogP contribution >= 0.6 is 27.5 Å². The van der Waals surface area contributed by atoms with Gasteiger partial charge in [0.25, 0.3) is 0 Å². The summed E-state index contributed by atoms with van der Waals surface area (Å²) in [7, 11) is 1.59. The molecule has 1 aliphatic carbocycles. The van der Waals surface area contributed by atoms with Crippen molar-refractivity contribution in [2.45, 2.75) is 45.3 Å². The maximum absolute atomic E-state index is 14.0. The third-order valence-corrected chi connectivity index (χ3v) is 5.99. The number of hydrogen-bond donors (Lipinski definition) is 1. The number of ether oxygens (including phenoxy) is 2. The highest BCUT2D eigenvalue weighted by molar-refractivity contribution is 9.10. The van der Waals surface area contributed by atoms with Crippen LogP contribution in [0.1, 0.15) is 43.2 Å². The van der Waals surface area contributed by atoms with E-state index in [4.69, 9.17) is 21.1 Å². The SMILES string of the molecule is COc1cc(CNCCC2=CCCCC2)cc(Br)c1OCc1c(F)cccc1Cl. The van der Waals surface area contributed by atoms with Crippen LogP contribution in [-0.2, 0) is 13.2 Å². The number of halogens is 3. The number of benzene rings is 2. The van der Waals surface area contributed by atoms with E-state index >= 15 is 0 Å². The molecule has 0 bridgehead atoms. The number of nitrogens with one attached hydrogen (secondary N) is 1. The van der Waals surface area contributed by atoms with E-state index in [1.165, 1.54) is 31.7 Å². The van der Waals surface area contributed by atoms with Gasteiger partial charge in [0.05, 0.1) is 16.6 Å². The number of hydrogen-bond acceptors (Lipinski definition) is 3. The molecule has 0 aromatic heterocycles. The molecule has 0 aliphatic heterocycles. The molecule has 0 atom stereocenters. The van der Waals surface area contributed by atoms with E-state index in [-0.39, 0.29) is 12.4 Å². The van der Waals surface area contributed by atoms with Crippen LogP contribution in [0.4, 0.5) is 4.39 Å². The summed E-state index contributed by atoms with van der Waals surface area (Å²) in [5.41, 5.74) is 2.98. The first-order valence-corrected chi connectivity index (χ1v) is 11.1. The lowest BCUT2D eigenvalue weighted by Gasteiger charge is -2.16. The van der Waals surface area contributed by atoms with Gasteiger partial charge >= 0.3 is 0 Å². The van der Waals surface area contributed by atoms with Crippen LogP contribution in [0.3, 0.4) is 0 Å². The average Bonchev–Trinajstić information content (AvgIpc) is 2.72. The fraction of sp³-hybridized carbons (Fsp3) is 0.391. The Kier molecular flexibility index (Phi) is 8.40. The Labute approximate surface area is 185 Å². The van der Waals surface area contributed by atoms with Crippen molar-refractivity contribution in [3.05, 3.63) is 68.4 Å². The topological polar surface area (TPSA) is 30.5 Å². The quantitative estimate of drug-likeness (QED) is 0.314. The largest absolute Gasteiger partial charge is 0.493 e. The lowest BCUT2D eigenvalue weighted by atomic mass is 9.97. The summed E-state index contributed by atoms with van der Waals surface area (Å²) in [6, 6.07) is 8.52. The predicted octanol–water partition coefficient (Wildman–Crippen LogP) is 6.81. The molecule has 0 saturated carbocycles. The van der Waals surface area contributed by atoms with E-state index in [2.05, 4.69) is 27.3 Å². The summed E-state index contributed by atoms with van der Waals surface area (Å²) < 4.78 is 26.1. The summed E-state index contributed by atoms with van der Waals surface area (Å²) in [6.45, 7) is 1.71. The minimum absolute atomic E-state index is 0.0210. The summed E-state index contributed by atoms with van der Waals surface area (Å²) in [6.07, 6.45) is 8.58. The first-order valence-electron chi connectivity index (χ1n) is 9.89. The lowest BCUT2D eigenvalue weighted by Crippen LogP contribution is -2.16. The molecule has 3 rings (SSSR count). The maximum atomic E-state index is 14.0. The van der Waals surface area contributed by atoms with Gasteiger partial charge in [-0.25, -0.2) is 4.39 Å². The third-order valence-electron chi connectivity index (χ3n) is 5.05. The van der Waals surface area contributed by atoms with Crippen molar-refractivity contribution >= 4 is 27.5 Å². The van der Waals surface area contributed by atoms with Gasteiger partial charge in [0.2, 0.25) is 0 Å². The lowest BCUT2D eigenvalue weighted by molar-refractivity contribution is 0.277. The van der Waals surface area contributed by atoms with Crippen LogP contribution < -0.4 is 14.8 Å². The van der Waals surface area contributed by atoms with E-state index in [0.29, 0.717) is 22.1 Å². The van der Waals surface area contributed by atoms with E-state index in [1.807, 2.05) is 12.1 Å².